The van der Waals surface area contributed by atoms with Crippen LogP contribution in [0.2, 0.25) is 0 Å². The minimum Gasteiger partial charge on any atom is -0.389 e. The van der Waals surface area contributed by atoms with E-state index in [4.69, 9.17) is 5.11 Å². The molecule has 0 rings (SSSR count). The summed E-state index contributed by atoms with van der Waals surface area (Å²) in [6.07, 6.45) is 12.2. The van der Waals surface area contributed by atoms with Crippen molar-refractivity contribution in [2.75, 3.05) is 0 Å². The van der Waals surface area contributed by atoms with Crippen molar-refractivity contribution in [1.29, 1.82) is 0 Å². The van der Waals surface area contributed by atoms with Gasteiger partial charge in [-0.1, -0.05) is 37.3 Å². The van der Waals surface area contributed by atoms with Crippen molar-refractivity contribution in [2.24, 2.45) is 0 Å². The highest BCUT2D eigenvalue weighted by Crippen LogP contribution is 1.95. The first kappa shape index (κ1) is 11.2. The Kier molecular flexibility index (Phi) is 7.71. The van der Waals surface area contributed by atoms with Crippen LogP contribution in [0.3, 0.4) is 0 Å². The zero-order chi connectivity index (χ0) is 9.23. The Morgan fingerprint density at radius 3 is 2.50 bits per heavy atom. The molecule has 1 atom stereocenters. The lowest BCUT2D eigenvalue weighted by Crippen LogP contribution is -1.97. The molecule has 12 heavy (non-hydrogen) atoms. The maximum Gasteiger partial charge on any atom is 0.0752 e. The lowest BCUT2D eigenvalue weighted by molar-refractivity contribution is 0.227. The summed E-state index contributed by atoms with van der Waals surface area (Å²) in [5.41, 5.74) is 0. The molecular weight excluding hydrogens is 148 g/mol. The van der Waals surface area contributed by atoms with Crippen molar-refractivity contribution in [3.63, 3.8) is 0 Å². The molecule has 0 spiro atoms. The van der Waals surface area contributed by atoms with Gasteiger partial charge in [0.25, 0.3) is 0 Å². The van der Waals surface area contributed by atoms with Crippen LogP contribution < -0.4 is 0 Å². The summed E-state index contributed by atoms with van der Waals surface area (Å²) in [6, 6.07) is 0. The second-order valence-corrected chi connectivity index (χ2v) is 2.63. The van der Waals surface area contributed by atoms with Crippen molar-refractivity contribution in [3.8, 4) is 0 Å². The maximum atomic E-state index is 9.07. The normalized spacial score (nSPS) is 14.2. The molecule has 0 bridgehead atoms. The fourth-order valence-electron chi connectivity index (χ4n) is 0.770. The molecule has 0 saturated heterocycles. The van der Waals surface area contributed by atoms with Crippen molar-refractivity contribution < 1.29 is 5.11 Å². The van der Waals surface area contributed by atoms with E-state index in [0.29, 0.717) is 6.42 Å². The number of hydrogen-bond acceptors (Lipinski definition) is 1. The van der Waals surface area contributed by atoms with Gasteiger partial charge in [-0.3, -0.25) is 0 Å². The van der Waals surface area contributed by atoms with Gasteiger partial charge in [0.2, 0.25) is 0 Å². The quantitative estimate of drug-likeness (QED) is 0.601. The van der Waals surface area contributed by atoms with Crippen molar-refractivity contribution >= 4 is 0 Å². The summed E-state index contributed by atoms with van der Waals surface area (Å²) in [4.78, 5) is 0. The molecule has 68 valence electrons. The Labute approximate surface area is 75.1 Å². The van der Waals surface area contributed by atoms with Crippen LogP contribution in [0, 0.1) is 0 Å². The number of rotatable bonds is 6. The zero-order valence-electron chi connectivity index (χ0n) is 7.74. The van der Waals surface area contributed by atoms with E-state index in [1.807, 2.05) is 6.08 Å². The smallest absolute Gasteiger partial charge is 0.0752 e. The molecule has 0 aliphatic carbocycles. The van der Waals surface area contributed by atoms with Gasteiger partial charge in [-0.2, -0.15) is 0 Å². The van der Waals surface area contributed by atoms with E-state index in [1.54, 1.807) is 6.08 Å². The molecule has 0 radical (unpaired) electrons. The van der Waals surface area contributed by atoms with Gasteiger partial charge in [-0.25, -0.2) is 0 Å². The first-order chi connectivity index (χ1) is 5.81. The van der Waals surface area contributed by atoms with Crippen LogP contribution >= 0.6 is 0 Å². The van der Waals surface area contributed by atoms with Crippen LogP contribution in [0.1, 0.15) is 26.2 Å². The number of hydrogen-bond donors (Lipinski definition) is 1. The van der Waals surface area contributed by atoms with Gasteiger partial charge in [0.1, 0.15) is 0 Å². The van der Waals surface area contributed by atoms with Gasteiger partial charge in [0.05, 0.1) is 6.10 Å². The van der Waals surface area contributed by atoms with Crippen molar-refractivity contribution in [3.05, 3.63) is 37.0 Å². The van der Waals surface area contributed by atoms with Gasteiger partial charge in [-0.05, 0) is 19.3 Å². The Hall–Kier alpha value is -0.820. The van der Waals surface area contributed by atoms with Gasteiger partial charge < -0.3 is 5.11 Å². The highest BCUT2D eigenvalue weighted by molar-refractivity contribution is 4.95. The highest BCUT2D eigenvalue weighted by atomic mass is 16.3. The molecule has 0 fully saturated rings. The van der Waals surface area contributed by atoms with Crippen LogP contribution in [0.5, 0.6) is 0 Å². The summed E-state index contributed by atoms with van der Waals surface area (Å²) in [5.74, 6) is 0. The van der Waals surface area contributed by atoms with Gasteiger partial charge in [0.15, 0.2) is 0 Å². The molecular formula is C11H18O. The van der Waals surface area contributed by atoms with E-state index >= 15 is 0 Å². The van der Waals surface area contributed by atoms with Crippen LogP contribution in [-0.2, 0) is 0 Å². The first-order valence-corrected chi connectivity index (χ1v) is 4.41. The van der Waals surface area contributed by atoms with Crippen LogP contribution in [-0.4, -0.2) is 11.2 Å². The molecule has 1 nitrogen and oxygen atoms in total. The standard InChI is InChI=1S/C11H18O/c1-3-5-6-7-8-9-10-11(12)4-2/h4-6,8-9,11-12H,2-3,7,10H2,1H3/b6-5-,9-8+/t11-/m1/s1. The molecule has 0 aliphatic rings. The lowest BCUT2D eigenvalue weighted by atomic mass is 10.2. The van der Waals surface area contributed by atoms with Gasteiger partial charge in [-0.15, -0.1) is 6.58 Å². The Bertz CT molecular complexity index is 156. The minimum absolute atomic E-state index is 0.392. The van der Waals surface area contributed by atoms with Crippen molar-refractivity contribution in [2.45, 2.75) is 32.3 Å². The SMILES string of the molecule is C=C[C@@H](O)C/C=C/C/C=C\CC. The molecule has 0 aromatic heterocycles. The summed E-state index contributed by atoms with van der Waals surface area (Å²) in [6.45, 7) is 5.60. The number of aliphatic hydroxyl groups excluding tert-OH is 1. The Morgan fingerprint density at radius 1 is 1.25 bits per heavy atom. The van der Waals surface area contributed by atoms with Crippen molar-refractivity contribution in [1.82, 2.24) is 0 Å². The molecule has 0 saturated carbocycles. The van der Waals surface area contributed by atoms with Crippen LogP contribution in [0.15, 0.2) is 37.0 Å². The van der Waals surface area contributed by atoms with E-state index in [0.717, 1.165) is 12.8 Å². The fourth-order valence-corrected chi connectivity index (χ4v) is 0.770. The fraction of sp³-hybridized carbons (Fsp3) is 0.455. The molecule has 0 aromatic carbocycles. The second kappa shape index (κ2) is 8.28. The van der Waals surface area contributed by atoms with E-state index in [9.17, 15) is 0 Å². The van der Waals surface area contributed by atoms with Gasteiger partial charge >= 0.3 is 0 Å². The summed E-state index contributed by atoms with van der Waals surface area (Å²) < 4.78 is 0. The third kappa shape index (κ3) is 7.29. The summed E-state index contributed by atoms with van der Waals surface area (Å²) in [7, 11) is 0. The lowest BCUT2D eigenvalue weighted by Gasteiger charge is -1.96. The molecule has 1 N–H and O–H groups in total. The average molecular weight is 166 g/mol. The van der Waals surface area contributed by atoms with E-state index in [-0.39, 0.29) is 0 Å². The summed E-state index contributed by atoms with van der Waals surface area (Å²) in [5, 5.41) is 9.07. The molecule has 0 aliphatic heterocycles. The Balaban J connectivity index is 3.37. The van der Waals surface area contributed by atoms with E-state index < -0.39 is 6.10 Å². The zero-order valence-corrected chi connectivity index (χ0v) is 7.74. The predicted molar refractivity (Wildman–Crippen MR) is 54.0 cm³/mol. The summed E-state index contributed by atoms with van der Waals surface area (Å²) >= 11 is 0. The Morgan fingerprint density at radius 2 is 1.92 bits per heavy atom. The molecule has 1 heteroatoms. The van der Waals surface area contributed by atoms with E-state index in [2.05, 4.69) is 31.7 Å². The molecule has 0 amide bonds. The maximum absolute atomic E-state index is 9.07. The van der Waals surface area contributed by atoms with E-state index in [1.165, 1.54) is 0 Å². The number of allylic oxidation sites excluding steroid dienone is 3. The number of aliphatic hydroxyl groups is 1. The third-order valence-electron chi connectivity index (χ3n) is 1.49. The predicted octanol–water partition coefficient (Wildman–Crippen LogP) is 2.84. The van der Waals surface area contributed by atoms with Crippen LogP contribution in [0.25, 0.3) is 0 Å². The third-order valence-corrected chi connectivity index (χ3v) is 1.49. The molecule has 0 heterocycles. The largest absolute Gasteiger partial charge is 0.389 e. The average Bonchev–Trinajstić information content (AvgIpc) is 2.10. The van der Waals surface area contributed by atoms with Crippen LogP contribution in [0.4, 0.5) is 0 Å². The minimum atomic E-state index is -0.392. The topological polar surface area (TPSA) is 20.2 Å². The molecule has 0 unspecified atom stereocenters. The second-order valence-electron chi connectivity index (χ2n) is 2.63. The monoisotopic (exact) mass is 166 g/mol. The molecule has 0 aromatic rings. The van der Waals surface area contributed by atoms with Gasteiger partial charge in [0, 0.05) is 0 Å². The highest BCUT2D eigenvalue weighted by Gasteiger charge is 1.90. The first-order valence-electron chi connectivity index (χ1n) is 4.41.